The first-order valence-corrected chi connectivity index (χ1v) is 6.30. The van der Waals surface area contributed by atoms with Crippen LogP contribution in [0.2, 0.25) is 0 Å². The van der Waals surface area contributed by atoms with E-state index in [0.29, 0.717) is 6.54 Å². The van der Waals surface area contributed by atoms with E-state index < -0.39 is 5.97 Å². The molecule has 1 N–H and O–H groups in total. The highest BCUT2D eigenvalue weighted by Crippen LogP contribution is 2.13. The topological polar surface area (TPSA) is 70.5 Å². The highest BCUT2D eigenvalue weighted by atomic mass is 32.2. The third-order valence-corrected chi connectivity index (χ3v) is 2.94. The Morgan fingerprint density at radius 2 is 2.00 bits per heavy atom. The number of hydrogen-bond acceptors (Lipinski definition) is 4. The standard InChI is InChI=1S/C11H14N2O3S/c1-2-13(9-3-5-12-6-4-9)10(14)7-17-8-11(15)16/h3-6H,2,7-8H2,1H3,(H,15,16). The predicted octanol–water partition coefficient (Wildman–Crippen LogP) is 1.25. The molecule has 5 nitrogen and oxygen atoms in total. The molecule has 0 aromatic carbocycles. The fourth-order valence-corrected chi connectivity index (χ4v) is 1.94. The summed E-state index contributed by atoms with van der Waals surface area (Å²) < 4.78 is 0. The van der Waals surface area contributed by atoms with E-state index in [9.17, 15) is 9.59 Å². The molecule has 6 heteroatoms. The first-order chi connectivity index (χ1) is 8.15. The van der Waals surface area contributed by atoms with Crippen molar-refractivity contribution in [2.24, 2.45) is 0 Å². The summed E-state index contributed by atoms with van der Waals surface area (Å²) in [6.07, 6.45) is 3.24. The highest BCUT2D eigenvalue weighted by molar-refractivity contribution is 8.00. The van der Waals surface area contributed by atoms with E-state index in [1.54, 1.807) is 29.4 Å². The lowest BCUT2D eigenvalue weighted by atomic mass is 10.3. The van der Waals surface area contributed by atoms with Crippen molar-refractivity contribution >= 4 is 29.3 Å². The van der Waals surface area contributed by atoms with Crippen LogP contribution in [-0.4, -0.2) is 40.0 Å². The van der Waals surface area contributed by atoms with Crippen molar-refractivity contribution in [3.05, 3.63) is 24.5 Å². The second-order valence-electron chi connectivity index (χ2n) is 3.23. The average Bonchev–Trinajstić information content (AvgIpc) is 2.31. The van der Waals surface area contributed by atoms with Crippen LogP contribution in [0.15, 0.2) is 24.5 Å². The molecule has 17 heavy (non-hydrogen) atoms. The van der Waals surface area contributed by atoms with Crippen molar-refractivity contribution in [2.75, 3.05) is 23.0 Å². The molecule has 0 saturated heterocycles. The summed E-state index contributed by atoms with van der Waals surface area (Å²) in [5.74, 6) is -0.887. The van der Waals surface area contributed by atoms with Gasteiger partial charge >= 0.3 is 5.97 Å². The number of hydrogen-bond donors (Lipinski definition) is 1. The first kappa shape index (κ1) is 13.5. The van der Waals surface area contributed by atoms with E-state index in [1.807, 2.05) is 6.92 Å². The highest BCUT2D eigenvalue weighted by Gasteiger charge is 2.13. The molecule has 0 saturated carbocycles. The van der Waals surface area contributed by atoms with Crippen LogP contribution >= 0.6 is 11.8 Å². The zero-order valence-corrected chi connectivity index (χ0v) is 10.3. The van der Waals surface area contributed by atoms with Crippen LogP contribution in [0.4, 0.5) is 5.69 Å². The van der Waals surface area contributed by atoms with Gasteiger partial charge in [0.15, 0.2) is 0 Å². The fraction of sp³-hybridized carbons (Fsp3) is 0.364. The molecule has 1 heterocycles. The molecule has 0 radical (unpaired) electrons. The van der Waals surface area contributed by atoms with Crippen molar-refractivity contribution < 1.29 is 14.7 Å². The number of carboxylic acids is 1. The van der Waals surface area contributed by atoms with Gasteiger partial charge in [-0.1, -0.05) is 0 Å². The van der Waals surface area contributed by atoms with Crippen LogP contribution in [0.3, 0.4) is 0 Å². The summed E-state index contributed by atoms with van der Waals surface area (Å²) in [4.78, 5) is 27.7. The molecule has 0 aliphatic rings. The second kappa shape index (κ2) is 6.90. The van der Waals surface area contributed by atoms with Gasteiger partial charge in [0.2, 0.25) is 5.91 Å². The number of thioether (sulfide) groups is 1. The normalized spacial score (nSPS) is 9.94. The van der Waals surface area contributed by atoms with Gasteiger partial charge in [0, 0.05) is 24.6 Å². The number of carboxylic acid groups (broad SMARTS) is 1. The summed E-state index contributed by atoms with van der Waals surface area (Å²) in [6.45, 7) is 2.43. The van der Waals surface area contributed by atoms with Crippen LogP contribution in [0.1, 0.15) is 6.92 Å². The lowest BCUT2D eigenvalue weighted by Crippen LogP contribution is -2.32. The summed E-state index contributed by atoms with van der Waals surface area (Å²) in [5.41, 5.74) is 0.781. The van der Waals surface area contributed by atoms with Gasteiger partial charge in [0.25, 0.3) is 0 Å². The smallest absolute Gasteiger partial charge is 0.313 e. The molecular weight excluding hydrogens is 240 g/mol. The van der Waals surface area contributed by atoms with E-state index in [0.717, 1.165) is 17.4 Å². The van der Waals surface area contributed by atoms with Crippen molar-refractivity contribution in [1.29, 1.82) is 0 Å². The maximum Gasteiger partial charge on any atom is 0.313 e. The van der Waals surface area contributed by atoms with Crippen molar-refractivity contribution in [3.63, 3.8) is 0 Å². The van der Waals surface area contributed by atoms with E-state index in [1.165, 1.54) is 0 Å². The lowest BCUT2D eigenvalue weighted by molar-refractivity contribution is -0.133. The molecule has 1 aromatic heterocycles. The lowest BCUT2D eigenvalue weighted by Gasteiger charge is -2.20. The number of nitrogens with zero attached hydrogens (tertiary/aromatic N) is 2. The molecule has 0 aliphatic heterocycles. The van der Waals surface area contributed by atoms with Crippen LogP contribution in [0.5, 0.6) is 0 Å². The third-order valence-electron chi connectivity index (χ3n) is 2.04. The number of carbonyl (C=O) groups is 2. The van der Waals surface area contributed by atoms with E-state index in [-0.39, 0.29) is 17.4 Å². The van der Waals surface area contributed by atoms with E-state index in [4.69, 9.17) is 5.11 Å². The van der Waals surface area contributed by atoms with Crippen molar-refractivity contribution in [2.45, 2.75) is 6.92 Å². The van der Waals surface area contributed by atoms with Gasteiger partial charge in [-0.25, -0.2) is 0 Å². The fourth-order valence-electron chi connectivity index (χ4n) is 1.33. The zero-order chi connectivity index (χ0) is 12.7. The molecule has 1 rings (SSSR count). The number of anilines is 1. The zero-order valence-electron chi connectivity index (χ0n) is 9.50. The van der Waals surface area contributed by atoms with Gasteiger partial charge in [-0.15, -0.1) is 11.8 Å². The van der Waals surface area contributed by atoms with Gasteiger partial charge < -0.3 is 10.0 Å². The summed E-state index contributed by atoms with van der Waals surface area (Å²) in [5, 5.41) is 8.49. The quantitative estimate of drug-likeness (QED) is 0.827. The minimum absolute atomic E-state index is 0.0559. The number of rotatable bonds is 6. The molecule has 0 atom stereocenters. The summed E-state index contributed by atoms with van der Waals surface area (Å²) >= 11 is 1.10. The SMILES string of the molecule is CCN(C(=O)CSCC(=O)O)c1ccncc1. The Balaban J connectivity index is 2.56. The number of carbonyl (C=O) groups excluding carboxylic acids is 1. The van der Waals surface area contributed by atoms with Gasteiger partial charge in [-0.2, -0.15) is 0 Å². The van der Waals surface area contributed by atoms with Gasteiger partial charge in [0.1, 0.15) is 0 Å². The minimum atomic E-state index is -0.908. The average molecular weight is 254 g/mol. The monoisotopic (exact) mass is 254 g/mol. The molecule has 0 aliphatic carbocycles. The van der Waals surface area contributed by atoms with Crippen LogP contribution < -0.4 is 4.90 Å². The molecule has 1 aromatic rings. The number of aliphatic carboxylic acids is 1. The Bertz CT molecular complexity index is 384. The predicted molar refractivity (Wildman–Crippen MR) is 67.2 cm³/mol. The van der Waals surface area contributed by atoms with Gasteiger partial charge in [-0.05, 0) is 19.1 Å². The Hall–Kier alpha value is -1.56. The van der Waals surface area contributed by atoms with Crippen LogP contribution in [-0.2, 0) is 9.59 Å². The van der Waals surface area contributed by atoms with Gasteiger partial charge in [0.05, 0.1) is 11.5 Å². The molecule has 1 amide bonds. The second-order valence-corrected chi connectivity index (χ2v) is 4.22. The largest absolute Gasteiger partial charge is 0.481 e. The number of amides is 1. The molecular formula is C11H14N2O3S. The Morgan fingerprint density at radius 3 is 2.53 bits per heavy atom. The molecule has 92 valence electrons. The van der Waals surface area contributed by atoms with E-state index >= 15 is 0 Å². The van der Waals surface area contributed by atoms with Crippen molar-refractivity contribution in [3.8, 4) is 0 Å². The maximum absolute atomic E-state index is 11.8. The minimum Gasteiger partial charge on any atom is -0.481 e. The summed E-state index contributed by atoms with van der Waals surface area (Å²) in [6, 6.07) is 3.51. The van der Waals surface area contributed by atoms with Crippen molar-refractivity contribution in [1.82, 2.24) is 4.98 Å². The Morgan fingerprint density at radius 1 is 1.35 bits per heavy atom. The Labute approximate surface area is 104 Å². The van der Waals surface area contributed by atoms with Crippen LogP contribution in [0.25, 0.3) is 0 Å². The summed E-state index contributed by atoms with van der Waals surface area (Å²) in [7, 11) is 0. The maximum atomic E-state index is 11.8. The van der Waals surface area contributed by atoms with Gasteiger partial charge in [-0.3, -0.25) is 14.6 Å². The third kappa shape index (κ3) is 4.44. The number of aromatic nitrogens is 1. The van der Waals surface area contributed by atoms with Crippen LogP contribution in [0, 0.1) is 0 Å². The molecule has 0 fully saturated rings. The molecule has 0 unspecified atom stereocenters. The molecule has 0 bridgehead atoms. The first-order valence-electron chi connectivity index (χ1n) is 5.15. The Kier molecular flexibility index (Phi) is 5.48. The number of pyridine rings is 1. The van der Waals surface area contributed by atoms with E-state index in [2.05, 4.69) is 4.98 Å². The molecule has 0 spiro atoms.